The predicted octanol–water partition coefficient (Wildman–Crippen LogP) is 3.76. The number of likely N-dealkylation sites (N-methyl/N-ethyl adjacent to an activating group) is 1. The summed E-state index contributed by atoms with van der Waals surface area (Å²) in [5, 5.41) is 0. The maximum atomic E-state index is 11.7. The summed E-state index contributed by atoms with van der Waals surface area (Å²) >= 11 is 5.58. The van der Waals surface area contributed by atoms with E-state index in [-0.39, 0.29) is 11.3 Å². The van der Waals surface area contributed by atoms with E-state index < -0.39 is 0 Å². The van der Waals surface area contributed by atoms with Crippen molar-refractivity contribution in [1.82, 2.24) is 4.90 Å². The summed E-state index contributed by atoms with van der Waals surface area (Å²) in [6.07, 6.45) is 0.371. The fraction of sp³-hybridized carbons (Fsp3) is 0.588. The first-order valence-electron chi connectivity index (χ1n) is 7.29. The third kappa shape index (κ3) is 5.58. The number of benzene rings is 1. The van der Waals surface area contributed by atoms with E-state index in [9.17, 15) is 4.79 Å². The minimum absolute atomic E-state index is 0.0311. The van der Waals surface area contributed by atoms with Crippen LogP contribution in [0, 0.1) is 6.92 Å². The van der Waals surface area contributed by atoms with Crippen LogP contribution in [0.1, 0.15) is 38.3 Å². The Balaban J connectivity index is 2.67. The molecule has 1 rings (SSSR count). The second-order valence-electron chi connectivity index (χ2n) is 6.35. The van der Waals surface area contributed by atoms with E-state index in [1.807, 2.05) is 0 Å². The van der Waals surface area contributed by atoms with Gasteiger partial charge in [-0.1, -0.05) is 32.9 Å². The molecule has 0 unspecified atom stereocenters. The smallest absolute Gasteiger partial charge is 0.223 e. The lowest BCUT2D eigenvalue weighted by atomic mass is 9.86. The molecule has 0 aliphatic rings. The summed E-state index contributed by atoms with van der Waals surface area (Å²) in [7, 11) is 1.78. The van der Waals surface area contributed by atoms with Gasteiger partial charge in [0.15, 0.2) is 0 Å². The van der Waals surface area contributed by atoms with Crippen LogP contribution in [-0.2, 0) is 10.2 Å². The molecule has 0 aromatic heterocycles. The fourth-order valence-electron chi connectivity index (χ4n) is 2.06. The van der Waals surface area contributed by atoms with Gasteiger partial charge in [0.1, 0.15) is 12.4 Å². The van der Waals surface area contributed by atoms with Crippen molar-refractivity contribution in [2.45, 2.75) is 39.5 Å². The SMILES string of the molecule is Cc1ccc(C(C)(C)C)c(OCCN(C)C(=O)CCCl)c1. The van der Waals surface area contributed by atoms with Crippen LogP contribution in [0.25, 0.3) is 0 Å². The minimum atomic E-state index is 0.0311. The van der Waals surface area contributed by atoms with Crippen molar-refractivity contribution in [3.8, 4) is 5.75 Å². The summed E-state index contributed by atoms with van der Waals surface area (Å²) in [4.78, 5) is 13.3. The van der Waals surface area contributed by atoms with E-state index in [2.05, 4.69) is 45.9 Å². The van der Waals surface area contributed by atoms with Crippen LogP contribution in [0.3, 0.4) is 0 Å². The monoisotopic (exact) mass is 311 g/mol. The summed E-state index contributed by atoms with van der Waals surface area (Å²) in [5.41, 5.74) is 2.39. The average Bonchev–Trinajstić information content (AvgIpc) is 2.37. The van der Waals surface area contributed by atoms with Gasteiger partial charge in [-0.05, 0) is 29.5 Å². The van der Waals surface area contributed by atoms with Crippen molar-refractivity contribution in [2.75, 3.05) is 26.1 Å². The highest BCUT2D eigenvalue weighted by Crippen LogP contribution is 2.32. The lowest BCUT2D eigenvalue weighted by Crippen LogP contribution is -2.31. The Labute approximate surface area is 133 Å². The van der Waals surface area contributed by atoms with Gasteiger partial charge in [-0.15, -0.1) is 11.6 Å². The van der Waals surface area contributed by atoms with Crippen molar-refractivity contribution in [1.29, 1.82) is 0 Å². The van der Waals surface area contributed by atoms with Crippen molar-refractivity contribution < 1.29 is 9.53 Å². The molecular weight excluding hydrogens is 286 g/mol. The molecule has 0 heterocycles. The number of carbonyl (C=O) groups is 1. The first-order valence-corrected chi connectivity index (χ1v) is 7.83. The molecule has 0 aliphatic carbocycles. The second-order valence-corrected chi connectivity index (χ2v) is 6.73. The number of nitrogens with zero attached hydrogens (tertiary/aromatic N) is 1. The Morgan fingerprint density at radius 3 is 2.57 bits per heavy atom. The van der Waals surface area contributed by atoms with E-state index in [1.165, 1.54) is 11.1 Å². The molecule has 1 aromatic rings. The molecule has 0 saturated heterocycles. The minimum Gasteiger partial charge on any atom is -0.491 e. The molecule has 1 aromatic carbocycles. The number of amides is 1. The van der Waals surface area contributed by atoms with Crippen LogP contribution in [-0.4, -0.2) is 36.9 Å². The standard InChI is InChI=1S/C17H26ClNO2/c1-13-6-7-14(17(2,3)4)15(12-13)21-11-10-19(5)16(20)8-9-18/h6-7,12H,8-11H2,1-5H3. The van der Waals surface area contributed by atoms with Gasteiger partial charge in [-0.2, -0.15) is 0 Å². The zero-order valence-corrected chi connectivity index (χ0v) is 14.5. The number of hydrogen-bond donors (Lipinski definition) is 0. The van der Waals surface area contributed by atoms with E-state index in [0.29, 0.717) is 25.5 Å². The summed E-state index contributed by atoms with van der Waals surface area (Å²) in [5.74, 6) is 1.31. The number of carbonyl (C=O) groups excluding carboxylic acids is 1. The van der Waals surface area contributed by atoms with Gasteiger partial charge in [0.2, 0.25) is 5.91 Å². The quantitative estimate of drug-likeness (QED) is 0.749. The Morgan fingerprint density at radius 2 is 2.00 bits per heavy atom. The molecule has 4 heteroatoms. The maximum absolute atomic E-state index is 11.7. The van der Waals surface area contributed by atoms with Gasteiger partial charge in [-0.3, -0.25) is 4.79 Å². The van der Waals surface area contributed by atoms with E-state index in [0.717, 1.165) is 5.75 Å². The highest BCUT2D eigenvalue weighted by Gasteiger charge is 2.19. The van der Waals surface area contributed by atoms with E-state index in [4.69, 9.17) is 16.3 Å². The Hall–Kier alpha value is -1.22. The number of ether oxygens (including phenoxy) is 1. The van der Waals surface area contributed by atoms with Crippen molar-refractivity contribution in [3.63, 3.8) is 0 Å². The number of rotatable bonds is 6. The topological polar surface area (TPSA) is 29.5 Å². The van der Waals surface area contributed by atoms with Gasteiger partial charge in [0, 0.05) is 19.3 Å². The molecule has 3 nitrogen and oxygen atoms in total. The molecule has 0 radical (unpaired) electrons. The first-order chi connectivity index (χ1) is 9.75. The highest BCUT2D eigenvalue weighted by molar-refractivity contribution is 6.18. The first kappa shape index (κ1) is 17.8. The second kappa shape index (κ2) is 7.69. The number of aryl methyl sites for hydroxylation is 1. The largest absolute Gasteiger partial charge is 0.491 e. The third-order valence-electron chi connectivity index (χ3n) is 3.36. The molecular formula is C17H26ClNO2. The summed E-state index contributed by atoms with van der Waals surface area (Å²) < 4.78 is 5.92. The molecule has 0 fully saturated rings. The molecule has 0 N–H and O–H groups in total. The molecule has 0 aliphatic heterocycles. The van der Waals surface area contributed by atoms with E-state index in [1.54, 1.807) is 11.9 Å². The predicted molar refractivity (Wildman–Crippen MR) is 88.3 cm³/mol. The molecule has 0 bridgehead atoms. The van der Waals surface area contributed by atoms with Crippen molar-refractivity contribution in [3.05, 3.63) is 29.3 Å². The summed E-state index contributed by atoms with van der Waals surface area (Å²) in [6, 6.07) is 6.28. The van der Waals surface area contributed by atoms with Crippen LogP contribution in [0.5, 0.6) is 5.75 Å². The summed E-state index contributed by atoms with van der Waals surface area (Å²) in [6.45, 7) is 9.60. The number of hydrogen-bond acceptors (Lipinski definition) is 2. The van der Waals surface area contributed by atoms with Crippen LogP contribution < -0.4 is 4.74 Å². The maximum Gasteiger partial charge on any atom is 0.223 e. The number of alkyl halides is 1. The average molecular weight is 312 g/mol. The van der Waals surface area contributed by atoms with Crippen molar-refractivity contribution >= 4 is 17.5 Å². The lowest BCUT2D eigenvalue weighted by Gasteiger charge is -2.24. The Morgan fingerprint density at radius 1 is 1.33 bits per heavy atom. The normalized spacial score (nSPS) is 11.3. The third-order valence-corrected chi connectivity index (χ3v) is 3.55. The fourth-order valence-corrected chi connectivity index (χ4v) is 2.22. The molecule has 0 atom stereocenters. The van der Waals surface area contributed by atoms with Crippen LogP contribution in [0.4, 0.5) is 0 Å². The van der Waals surface area contributed by atoms with Crippen LogP contribution in [0.2, 0.25) is 0 Å². The zero-order valence-electron chi connectivity index (χ0n) is 13.7. The molecule has 0 spiro atoms. The van der Waals surface area contributed by atoms with Gasteiger partial charge < -0.3 is 9.64 Å². The molecule has 1 amide bonds. The van der Waals surface area contributed by atoms with E-state index >= 15 is 0 Å². The number of halogens is 1. The molecule has 118 valence electrons. The van der Waals surface area contributed by atoms with Gasteiger partial charge in [0.05, 0.1) is 6.54 Å². The Bertz CT molecular complexity index is 480. The van der Waals surface area contributed by atoms with Crippen LogP contribution in [0.15, 0.2) is 18.2 Å². The van der Waals surface area contributed by atoms with Gasteiger partial charge >= 0.3 is 0 Å². The van der Waals surface area contributed by atoms with Gasteiger partial charge in [-0.25, -0.2) is 0 Å². The Kier molecular flexibility index (Phi) is 6.53. The lowest BCUT2D eigenvalue weighted by molar-refractivity contribution is -0.129. The molecule has 0 saturated carbocycles. The van der Waals surface area contributed by atoms with Gasteiger partial charge in [0.25, 0.3) is 0 Å². The molecule has 21 heavy (non-hydrogen) atoms. The zero-order chi connectivity index (χ0) is 16.0. The highest BCUT2D eigenvalue weighted by atomic mass is 35.5. The van der Waals surface area contributed by atoms with Crippen molar-refractivity contribution in [2.24, 2.45) is 0 Å². The van der Waals surface area contributed by atoms with Crippen LogP contribution >= 0.6 is 11.6 Å².